The molecule has 0 fully saturated rings. The highest BCUT2D eigenvalue weighted by molar-refractivity contribution is 7.09. The first-order valence-corrected chi connectivity index (χ1v) is 7.26. The second-order valence-corrected chi connectivity index (χ2v) is 6.66. The average Bonchev–Trinajstić information content (AvgIpc) is 2.87. The Morgan fingerprint density at radius 2 is 1.65 bits per heavy atom. The molecule has 0 bridgehead atoms. The van der Waals surface area contributed by atoms with Crippen LogP contribution < -0.4 is 5.73 Å². The topological polar surface area (TPSA) is 38.9 Å². The fraction of sp³-hybridized carbons (Fsp3) is 0.400. The largest absolute Gasteiger partial charge is 0.318 e. The molecular formula is C15H18F2N2S. The van der Waals surface area contributed by atoms with E-state index >= 15 is 0 Å². The van der Waals surface area contributed by atoms with Gasteiger partial charge in [-0.1, -0.05) is 45.0 Å². The van der Waals surface area contributed by atoms with Crippen LogP contribution in [0.25, 0.3) is 0 Å². The first-order chi connectivity index (χ1) is 9.29. The zero-order chi connectivity index (χ0) is 14.9. The van der Waals surface area contributed by atoms with Crippen molar-refractivity contribution in [1.82, 2.24) is 4.98 Å². The van der Waals surface area contributed by atoms with E-state index < -0.39 is 6.43 Å². The van der Waals surface area contributed by atoms with E-state index in [-0.39, 0.29) is 17.0 Å². The van der Waals surface area contributed by atoms with E-state index in [1.807, 2.05) is 5.38 Å². The summed E-state index contributed by atoms with van der Waals surface area (Å²) < 4.78 is 25.0. The van der Waals surface area contributed by atoms with Gasteiger partial charge in [-0.2, -0.15) is 0 Å². The number of aromatic nitrogens is 1. The Kier molecular flexibility index (Phi) is 4.20. The highest BCUT2D eigenvalue weighted by atomic mass is 32.1. The van der Waals surface area contributed by atoms with E-state index in [1.165, 1.54) is 23.5 Å². The van der Waals surface area contributed by atoms with Crippen LogP contribution in [0.5, 0.6) is 0 Å². The quantitative estimate of drug-likeness (QED) is 0.910. The maximum absolute atomic E-state index is 12.5. The first-order valence-electron chi connectivity index (χ1n) is 6.38. The summed E-state index contributed by atoms with van der Waals surface area (Å²) in [6.07, 6.45) is -2.45. The minimum absolute atomic E-state index is 0.00969. The highest BCUT2D eigenvalue weighted by Gasteiger charge is 2.20. The van der Waals surface area contributed by atoms with E-state index in [4.69, 9.17) is 5.73 Å². The molecule has 2 rings (SSSR count). The van der Waals surface area contributed by atoms with Gasteiger partial charge in [0, 0.05) is 16.4 Å². The summed E-state index contributed by atoms with van der Waals surface area (Å²) >= 11 is 1.51. The fourth-order valence-corrected chi connectivity index (χ4v) is 2.84. The molecule has 1 aromatic heterocycles. The molecule has 1 aromatic carbocycles. The van der Waals surface area contributed by atoms with Crippen molar-refractivity contribution in [2.24, 2.45) is 5.73 Å². The highest BCUT2D eigenvalue weighted by Crippen LogP contribution is 2.29. The molecule has 1 atom stereocenters. The second-order valence-electron chi connectivity index (χ2n) is 5.77. The van der Waals surface area contributed by atoms with E-state index in [9.17, 15) is 8.78 Å². The van der Waals surface area contributed by atoms with Crippen LogP contribution in [0.2, 0.25) is 0 Å². The predicted octanol–water partition coefficient (Wildman–Crippen LogP) is 4.43. The number of nitrogens with two attached hydrogens (primary N) is 1. The van der Waals surface area contributed by atoms with Gasteiger partial charge >= 0.3 is 0 Å². The molecule has 0 aliphatic carbocycles. The van der Waals surface area contributed by atoms with Crippen LogP contribution in [0.4, 0.5) is 8.78 Å². The second kappa shape index (κ2) is 5.58. The van der Waals surface area contributed by atoms with Gasteiger partial charge in [0.1, 0.15) is 5.01 Å². The van der Waals surface area contributed by atoms with Gasteiger partial charge in [0.2, 0.25) is 0 Å². The lowest BCUT2D eigenvalue weighted by Gasteiger charge is -2.15. The van der Waals surface area contributed by atoms with Gasteiger partial charge in [0.25, 0.3) is 6.43 Å². The summed E-state index contributed by atoms with van der Waals surface area (Å²) in [6, 6.07) is 5.74. The molecule has 2 nitrogen and oxygen atoms in total. The maximum atomic E-state index is 12.5. The zero-order valence-corrected chi connectivity index (χ0v) is 12.5. The molecule has 0 aliphatic rings. The molecule has 0 saturated carbocycles. The van der Waals surface area contributed by atoms with Gasteiger partial charge in [-0.3, -0.25) is 0 Å². The molecule has 1 unspecified atom stereocenters. The smallest absolute Gasteiger partial charge is 0.263 e. The van der Waals surface area contributed by atoms with Crippen molar-refractivity contribution in [3.8, 4) is 0 Å². The van der Waals surface area contributed by atoms with Crippen LogP contribution in [-0.2, 0) is 5.41 Å². The molecule has 0 spiro atoms. The average molecular weight is 296 g/mol. The Morgan fingerprint density at radius 3 is 2.10 bits per heavy atom. The molecular weight excluding hydrogens is 278 g/mol. The van der Waals surface area contributed by atoms with Crippen molar-refractivity contribution in [2.45, 2.75) is 38.7 Å². The molecule has 0 radical (unpaired) electrons. The van der Waals surface area contributed by atoms with Crippen LogP contribution >= 0.6 is 11.3 Å². The van der Waals surface area contributed by atoms with Gasteiger partial charge in [-0.15, -0.1) is 11.3 Å². The van der Waals surface area contributed by atoms with Crippen molar-refractivity contribution in [2.75, 3.05) is 0 Å². The minimum Gasteiger partial charge on any atom is -0.318 e. The number of nitrogens with zero attached hydrogens (tertiary/aromatic N) is 1. The molecule has 0 aliphatic heterocycles. The number of rotatable bonds is 3. The third-order valence-corrected chi connectivity index (χ3v) is 4.03. The van der Waals surface area contributed by atoms with Crippen molar-refractivity contribution in [3.05, 3.63) is 51.5 Å². The first kappa shape index (κ1) is 15.1. The number of thiazole rings is 1. The molecule has 2 aromatic rings. The SMILES string of the molecule is CC(C)(C)c1csc(C(N)c2ccc(C(F)F)cc2)n1. The predicted molar refractivity (Wildman–Crippen MR) is 78.2 cm³/mol. The lowest BCUT2D eigenvalue weighted by molar-refractivity contribution is 0.151. The summed E-state index contributed by atoms with van der Waals surface area (Å²) in [5.41, 5.74) is 7.94. The number of alkyl halides is 2. The molecule has 2 N–H and O–H groups in total. The minimum atomic E-state index is -2.45. The molecule has 5 heteroatoms. The van der Waals surface area contributed by atoms with E-state index in [2.05, 4.69) is 25.8 Å². The van der Waals surface area contributed by atoms with E-state index in [1.54, 1.807) is 12.1 Å². The van der Waals surface area contributed by atoms with E-state index in [0.717, 1.165) is 16.3 Å². The number of benzene rings is 1. The van der Waals surface area contributed by atoms with Crippen molar-refractivity contribution in [1.29, 1.82) is 0 Å². The Labute approximate surface area is 121 Å². The number of hydrogen-bond donors (Lipinski definition) is 1. The summed E-state index contributed by atoms with van der Waals surface area (Å²) in [5, 5.41) is 2.81. The van der Waals surface area contributed by atoms with E-state index in [0.29, 0.717) is 0 Å². The summed E-state index contributed by atoms with van der Waals surface area (Å²) in [7, 11) is 0. The monoisotopic (exact) mass is 296 g/mol. The summed E-state index contributed by atoms with van der Waals surface area (Å²) in [5.74, 6) is 0. The van der Waals surface area contributed by atoms with Gasteiger partial charge in [-0.25, -0.2) is 13.8 Å². The molecule has 108 valence electrons. The van der Waals surface area contributed by atoms with Crippen molar-refractivity contribution < 1.29 is 8.78 Å². The third-order valence-electron chi connectivity index (χ3n) is 3.10. The lowest BCUT2D eigenvalue weighted by Crippen LogP contribution is -2.15. The molecule has 1 heterocycles. The molecule has 20 heavy (non-hydrogen) atoms. The molecule has 0 saturated heterocycles. The number of halogens is 2. The van der Waals surface area contributed by atoms with Gasteiger partial charge in [0.05, 0.1) is 11.7 Å². The Hall–Kier alpha value is -1.33. The van der Waals surface area contributed by atoms with Crippen molar-refractivity contribution >= 4 is 11.3 Å². The van der Waals surface area contributed by atoms with Crippen LogP contribution in [-0.4, -0.2) is 4.98 Å². The Bertz CT molecular complexity index is 570. The number of hydrogen-bond acceptors (Lipinski definition) is 3. The normalized spacial score (nSPS) is 13.8. The lowest BCUT2D eigenvalue weighted by atomic mass is 9.93. The van der Waals surface area contributed by atoms with Gasteiger partial charge in [0.15, 0.2) is 0 Å². The fourth-order valence-electron chi connectivity index (χ4n) is 1.77. The molecule has 0 amide bonds. The van der Waals surface area contributed by atoms with Crippen LogP contribution in [0, 0.1) is 0 Å². The Balaban J connectivity index is 2.22. The van der Waals surface area contributed by atoms with Crippen molar-refractivity contribution in [3.63, 3.8) is 0 Å². The van der Waals surface area contributed by atoms with Gasteiger partial charge < -0.3 is 5.73 Å². The summed E-state index contributed by atoms with van der Waals surface area (Å²) in [4.78, 5) is 4.56. The van der Waals surface area contributed by atoms with Crippen LogP contribution in [0.3, 0.4) is 0 Å². The maximum Gasteiger partial charge on any atom is 0.263 e. The zero-order valence-electron chi connectivity index (χ0n) is 11.7. The van der Waals surface area contributed by atoms with Crippen LogP contribution in [0.1, 0.15) is 55.1 Å². The third kappa shape index (κ3) is 3.22. The summed E-state index contributed by atoms with van der Waals surface area (Å²) in [6.45, 7) is 6.28. The standard InChI is InChI=1S/C15H18F2N2S/c1-15(2,3)11-8-20-14(19-11)12(18)9-4-6-10(7-5-9)13(16)17/h4-8,12-13H,18H2,1-3H3. The van der Waals surface area contributed by atoms with Gasteiger partial charge in [-0.05, 0) is 5.56 Å². The Morgan fingerprint density at radius 1 is 1.10 bits per heavy atom. The van der Waals surface area contributed by atoms with Crippen LogP contribution in [0.15, 0.2) is 29.6 Å².